The second-order valence-corrected chi connectivity index (χ2v) is 8.19. The summed E-state index contributed by atoms with van der Waals surface area (Å²) in [5.41, 5.74) is 3.66. The first-order valence-electron chi connectivity index (χ1n) is 9.65. The SMILES string of the molecule is Cc1cc(-n2c(C)cc(C(=O)CSc3nnc(Cc4ccccc4)n3C)c2C)no1. The lowest BCUT2D eigenvalue weighted by Crippen LogP contribution is -2.07. The van der Waals surface area contributed by atoms with Gasteiger partial charge in [0.15, 0.2) is 16.8 Å². The first-order valence-corrected chi connectivity index (χ1v) is 10.6. The maximum atomic E-state index is 12.9. The van der Waals surface area contributed by atoms with Gasteiger partial charge in [0.05, 0.1) is 5.75 Å². The number of carbonyl (C=O) groups excluding carboxylic acids is 1. The third kappa shape index (κ3) is 3.95. The number of Topliss-reactive ketones (excluding diaryl/α,β-unsaturated/α-hetero) is 1. The van der Waals surface area contributed by atoms with Gasteiger partial charge in [-0.15, -0.1) is 10.2 Å². The highest BCUT2D eigenvalue weighted by Gasteiger charge is 2.19. The number of benzene rings is 1. The highest BCUT2D eigenvalue weighted by Crippen LogP contribution is 2.24. The lowest BCUT2D eigenvalue weighted by molar-refractivity contribution is 0.102. The van der Waals surface area contributed by atoms with Gasteiger partial charge in [-0.25, -0.2) is 0 Å². The molecule has 0 aliphatic rings. The number of hydrogen-bond donors (Lipinski definition) is 0. The second-order valence-electron chi connectivity index (χ2n) is 7.25. The van der Waals surface area contributed by atoms with Crippen LogP contribution in [0.3, 0.4) is 0 Å². The van der Waals surface area contributed by atoms with Crippen molar-refractivity contribution in [3.8, 4) is 5.82 Å². The van der Waals surface area contributed by atoms with Crippen molar-refractivity contribution in [3.05, 3.63) is 76.6 Å². The molecular weight excluding hydrogens is 398 g/mol. The Kier molecular flexibility index (Phi) is 5.59. The topological polar surface area (TPSA) is 78.7 Å². The van der Waals surface area contributed by atoms with E-state index >= 15 is 0 Å². The number of hydrogen-bond acceptors (Lipinski definition) is 6. The molecule has 0 amide bonds. The zero-order chi connectivity index (χ0) is 21.3. The first kappa shape index (κ1) is 20.2. The first-order chi connectivity index (χ1) is 14.4. The second kappa shape index (κ2) is 8.31. The third-order valence-electron chi connectivity index (χ3n) is 5.04. The Morgan fingerprint density at radius 2 is 1.87 bits per heavy atom. The molecule has 0 radical (unpaired) electrons. The standard InChI is InChI=1S/C22H23N5O2S/c1-14-10-18(16(3)27(14)21-11-15(2)29-25-21)19(28)13-30-22-24-23-20(26(22)4)12-17-8-6-5-7-9-17/h5-11H,12-13H2,1-4H3. The number of rotatable bonds is 7. The highest BCUT2D eigenvalue weighted by atomic mass is 32.2. The summed E-state index contributed by atoms with van der Waals surface area (Å²) in [6.07, 6.45) is 0.705. The van der Waals surface area contributed by atoms with Gasteiger partial charge in [-0.05, 0) is 32.4 Å². The fraction of sp³-hybridized carbons (Fsp3) is 0.273. The molecule has 30 heavy (non-hydrogen) atoms. The third-order valence-corrected chi connectivity index (χ3v) is 6.06. The minimum atomic E-state index is 0.0483. The number of aryl methyl sites for hydroxylation is 2. The molecule has 7 nitrogen and oxygen atoms in total. The van der Waals surface area contributed by atoms with Gasteiger partial charge in [0, 0.05) is 36.5 Å². The molecule has 3 aromatic heterocycles. The van der Waals surface area contributed by atoms with Crippen molar-refractivity contribution in [2.24, 2.45) is 7.05 Å². The number of thioether (sulfide) groups is 1. The lowest BCUT2D eigenvalue weighted by atomic mass is 10.1. The van der Waals surface area contributed by atoms with Crippen LogP contribution < -0.4 is 0 Å². The van der Waals surface area contributed by atoms with Crippen LogP contribution in [-0.4, -0.2) is 36.0 Å². The number of nitrogens with zero attached hydrogens (tertiary/aromatic N) is 5. The van der Waals surface area contributed by atoms with Crippen LogP contribution in [-0.2, 0) is 13.5 Å². The Morgan fingerprint density at radius 1 is 1.10 bits per heavy atom. The number of carbonyl (C=O) groups is 1. The molecule has 4 rings (SSSR count). The number of ketones is 1. The predicted molar refractivity (Wildman–Crippen MR) is 115 cm³/mol. The summed E-state index contributed by atoms with van der Waals surface area (Å²) < 4.78 is 9.07. The van der Waals surface area contributed by atoms with Gasteiger partial charge in [0.1, 0.15) is 11.6 Å². The summed E-state index contributed by atoms with van der Waals surface area (Å²) >= 11 is 1.40. The monoisotopic (exact) mass is 421 g/mol. The van der Waals surface area contributed by atoms with Gasteiger partial charge in [0.2, 0.25) is 0 Å². The van der Waals surface area contributed by atoms with Crippen molar-refractivity contribution < 1.29 is 9.32 Å². The molecule has 0 saturated carbocycles. The van der Waals surface area contributed by atoms with E-state index in [1.54, 1.807) is 0 Å². The zero-order valence-corrected chi connectivity index (χ0v) is 18.2. The van der Waals surface area contributed by atoms with Gasteiger partial charge in [-0.1, -0.05) is 47.3 Å². The smallest absolute Gasteiger partial charge is 0.191 e. The van der Waals surface area contributed by atoms with Crippen molar-refractivity contribution in [2.45, 2.75) is 32.3 Å². The average molecular weight is 422 g/mol. The molecule has 1 aromatic carbocycles. The van der Waals surface area contributed by atoms with E-state index in [1.807, 2.05) is 67.3 Å². The Labute approximate surface area is 179 Å². The molecule has 0 N–H and O–H groups in total. The highest BCUT2D eigenvalue weighted by molar-refractivity contribution is 7.99. The maximum absolute atomic E-state index is 12.9. The summed E-state index contributed by atoms with van der Waals surface area (Å²) in [7, 11) is 1.93. The van der Waals surface area contributed by atoms with Crippen molar-refractivity contribution in [2.75, 3.05) is 5.75 Å². The van der Waals surface area contributed by atoms with Crippen LogP contribution in [0.25, 0.3) is 5.82 Å². The van der Waals surface area contributed by atoms with E-state index in [2.05, 4.69) is 27.5 Å². The molecule has 0 aliphatic heterocycles. The average Bonchev–Trinajstić information content (AvgIpc) is 3.39. The fourth-order valence-corrected chi connectivity index (χ4v) is 4.28. The Morgan fingerprint density at radius 3 is 2.57 bits per heavy atom. The Bertz CT molecular complexity index is 1190. The molecule has 0 unspecified atom stereocenters. The Hall–Kier alpha value is -3.13. The van der Waals surface area contributed by atoms with Gasteiger partial charge in [-0.2, -0.15) is 0 Å². The van der Waals surface area contributed by atoms with E-state index in [9.17, 15) is 4.79 Å². The Balaban J connectivity index is 1.47. The molecular formula is C22H23N5O2S. The van der Waals surface area contributed by atoms with Crippen molar-refractivity contribution in [1.29, 1.82) is 0 Å². The van der Waals surface area contributed by atoms with E-state index in [-0.39, 0.29) is 5.78 Å². The van der Waals surface area contributed by atoms with Gasteiger partial charge in [0.25, 0.3) is 0 Å². The molecule has 4 aromatic rings. The molecule has 8 heteroatoms. The van der Waals surface area contributed by atoms with Crippen LogP contribution in [0.15, 0.2) is 52.1 Å². The molecule has 0 fully saturated rings. The number of aromatic nitrogens is 5. The van der Waals surface area contributed by atoms with E-state index in [0.29, 0.717) is 23.6 Å². The fourth-order valence-electron chi connectivity index (χ4n) is 3.47. The van der Waals surface area contributed by atoms with Crippen molar-refractivity contribution in [1.82, 2.24) is 24.5 Å². The lowest BCUT2D eigenvalue weighted by Gasteiger charge is -2.06. The van der Waals surface area contributed by atoms with Crippen molar-refractivity contribution in [3.63, 3.8) is 0 Å². The summed E-state index contributed by atoms with van der Waals surface area (Å²) in [5.74, 6) is 2.63. The quantitative estimate of drug-likeness (QED) is 0.330. The molecule has 0 atom stereocenters. The van der Waals surface area contributed by atoms with Gasteiger partial charge in [-0.3, -0.25) is 9.36 Å². The molecule has 3 heterocycles. The minimum Gasteiger partial charge on any atom is -0.360 e. The van der Waals surface area contributed by atoms with Crippen LogP contribution in [0.5, 0.6) is 0 Å². The van der Waals surface area contributed by atoms with E-state index in [0.717, 1.165) is 28.1 Å². The molecule has 0 aliphatic carbocycles. The largest absolute Gasteiger partial charge is 0.360 e. The summed E-state index contributed by atoms with van der Waals surface area (Å²) in [5, 5.41) is 13.4. The van der Waals surface area contributed by atoms with E-state index < -0.39 is 0 Å². The molecule has 0 saturated heterocycles. The molecule has 154 valence electrons. The van der Waals surface area contributed by atoms with Crippen LogP contribution in [0.2, 0.25) is 0 Å². The summed E-state index contributed by atoms with van der Waals surface area (Å²) in [6, 6.07) is 13.9. The van der Waals surface area contributed by atoms with E-state index in [4.69, 9.17) is 4.52 Å². The minimum absolute atomic E-state index is 0.0483. The van der Waals surface area contributed by atoms with Crippen molar-refractivity contribution >= 4 is 17.5 Å². The van der Waals surface area contributed by atoms with E-state index in [1.165, 1.54) is 17.3 Å². The predicted octanol–water partition coefficient (Wildman–Crippen LogP) is 4.08. The van der Waals surface area contributed by atoms with Gasteiger partial charge < -0.3 is 9.09 Å². The summed E-state index contributed by atoms with van der Waals surface area (Å²) in [4.78, 5) is 12.9. The summed E-state index contributed by atoms with van der Waals surface area (Å²) in [6.45, 7) is 5.73. The van der Waals surface area contributed by atoms with Crippen LogP contribution >= 0.6 is 11.8 Å². The molecule has 0 spiro atoms. The molecule has 0 bridgehead atoms. The van der Waals surface area contributed by atoms with Crippen LogP contribution in [0.1, 0.15) is 38.9 Å². The van der Waals surface area contributed by atoms with Crippen LogP contribution in [0.4, 0.5) is 0 Å². The van der Waals surface area contributed by atoms with Gasteiger partial charge >= 0.3 is 0 Å². The van der Waals surface area contributed by atoms with Crippen LogP contribution in [0, 0.1) is 20.8 Å². The normalized spacial score (nSPS) is 11.2. The zero-order valence-electron chi connectivity index (χ0n) is 17.4. The maximum Gasteiger partial charge on any atom is 0.191 e.